The average Bonchev–Trinajstić information content (AvgIpc) is 2.81. The SMILES string of the molecule is CSCCC(NC(=O)OC(C)(C)C)C(=O)N(C1CCC1)C(C(=O)NC1CCCCC1)c1ccc(O)c(C)c1. The molecule has 3 amide bonds. The third-order valence-electron chi connectivity index (χ3n) is 7.34. The minimum absolute atomic E-state index is 0.0856. The Balaban J connectivity index is 1.97. The number of ether oxygens (including phenoxy) is 1. The Bertz CT molecular complexity index is 969. The summed E-state index contributed by atoms with van der Waals surface area (Å²) in [5.41, 5.74) is 0.608. The van der Waals surface area contributed by atoms with Gasteiger partial charge in [-0.25, -0.2) is 4.79 Å². The van der Waals surface area contributed by atoms with Crippen LogP contribution in [0.2, 0.25) is 0 Å². The molecule has 3 rings (SSSR count). The molecule has 9 heteroatoms. The molecule has 2 aliphatic carbocycles. The lowest BCUT2D eigenvalue weighted by molar-refractivity contribution is -0.147. The molecule has 1 aromatic carbocycles. The summed E-state index contributed by atoms with van der Waals surface area (Å²) in [6.07, 6.45) is 9.52. The van der Waals surface area contributed by atoms with Gasteiger partial charge < -0.3 is 25.4 Å². The Kier molecular flexibility index (Phi) is 10.8. The van der Waals surface area contributed by atoms with E-state index < -0.39 is 23.8 Å². The summed E-state index contributed by atoms with van der Waals surface area (Å²) in [5.74, 6) is 0.334. The van der Waals surface area contributed by atoms with E-state index in [-0.39, 0.29) is 29.6 Å². The number of carbonyl (C=O) groups excluding carboxylic acids is 3. The number of phenols is 1. The Morgan fingerprint density at radius 1 is 1.11 bits per heavy atom. The van der Waals surface area contributed by atoms with Crippen LogP contribution in [-0.4, -0.2) is 63.6 Å². The maximum absolute atomic E-state index is 14.3. The summed E-state index contributed by atoms with van der Waals surface area (Å²) in [4.78, 5) is 42.6. The maximum Gasteiger partial charge on any atom is 0.408 e. The monoisotopic (exact) mass is 547 g/mol. The van der Waals surface area contributed by atoms with E-state index in [4.69, 9.17) is 4.74 Å². The third kappa shape index (κ3) is 8.29. The zero-order valence-corrected chi connectivity index (χ0v) is 24.4. The van der Waals surface area contributed by atoms with Crippen molar-refractivity contribution in [1.82, 2.24) is 15.5 Å². The second-order valence-electron chi connectivity index (χ2n) is 11.6. The van der Waals surface area contributed by atoms with Crippen LogP contribution in [0, 0.1) is 6.92 Å². The molecule has 212 valence electrons. The molecule has 0 bridgehead atoms. The molecule has 2 aliphatic rings. The Morgan fingerprint density at radius 3 is 2.34 bits per heavy atom. The highest BCUT2D eigenvalue weighted by molar-refractivity contribution is 7.98. The Hall–Kier alpha value is -2.42. The van der Waals surface area contributed by atoms with Crippen molar-refractivity contribution < 1.29 is 24.2 Å². The topological polar surface area (TPSA) is 108 Å². The molecule has 38 heavy (non-hydrogen) atoms. The first kappa shape index (κ1) is 30.1. The molecule has 2 atom stereocenters. The highest BCUT2D eigenvalue weighted by Gasteiger charge is 2.42. The summed E-state index contributed by atoms with van der Waals surface area (Å²) in [5, 5.41) is 16.2. The predicted octanol–water partition coefficient (Wildman–Crippen LogP) is 5.22. The van der Waals surface area contributed by atoms with Crippen LogP contribution in [0.1, 0.15) is 95.7 Å². The fourth-order valence-corrected chi connectivity index (χ4v) is 5.59. The van der Waals surface area contributed by atoms with Crippen LogP contribution >= 0.6 is 11.8 Å². The van der Waals surface area contributed by atoms with E-state index in [9.17, 15) is 19.5 Å². The minimum atomic E-state index is -0.855. The fraction of sp³-hybridized carbons (Fsp3) is 0.690. The molecule has 0 aliphatic heterocycles. The quantitative estimate of drug-likeness (QED) is 0.371. The molecule has 8 nitrogen and oxygen atoms in total. The highest BCUT2D eigenvalue weighted by atomic mass is 32.2. The number of alkyl carbamates (subject to hydrolysis) is 1. The lowest BCUT2D eigenvalue weighted by Crippen LogP contribution is -2.58. The standard InChI is InChI=1S/C29H45N3O5S/c1-19-18-20(14-15-24(19)33)25(26(34)30-21-10-7-6-8-11-21)32(22-12-9-13-22)27(35)23(16-17-38-5)31-28(36)37-29(2,3)4/h14-15,18,21-23,25,33H,6-13,16-17H2,1-5H3,(H,30,34)(H,31,36). The van der Waals surface area contributed by atoms with Crippen molar-refractivity contribution in [1.29, 1.82) is 0 Å². The van der Waals surface area contributed by atoms with Crippen molar-refractivity contribution in [3.8, 4) is 5.75 Å². The number of aryl methyl sites for hydroxylation is 1. The molecule has 0 radical (unpaired) electrons. The van der Waals surface area contributed by atoms with E-state index in [1.807, 2.05) is 6.26 Å². The number of hydrogen-bond donors (Lipinski definition) is 3. The van der Waals surface area contributed by atoms with Gasteiger partial charge in [0.05, 0.1) is 0 Å². The van der Waals surface area contributed by atoms with E-state index in [2.05, 4.69) is 10.6 Å². The number of nitrogens with zero attached hydrogens (tertiary/aromatic N) is 1. The summed E-state index contributed by atoms with van der Waals surface area (Å²) >= 11 is 1.60. The van der Waals surface area contributed by atoms with E-state index in [0.717, 1.165) is 44.9 Å². The minimum Gasteiger partial charge on any atom is -0.508 e. The van der Waals surface area contributed by atoms with Gasteiger partial charge in [0.2, 0.25) is 11.8 Å². The number of carbonyl (C=O) groups is 3. The van der Waals surface area contributed by atoms with Crippen LogP contribution in [0.4, 0.5) is 4.79 Å². The molecule has 0 saturated heterocycles. The van der Waals surface area contributed by atoms with E-state index in [1.54, 1.807) is 62.6 Å². The first-order valence-electron chi connectivity index (χ1n) is 13.9. The number of amides is 3. The molecule has 0 aromatic heterocycles. The number of thioether (sulfide) groups is 1. The van der Waals surface area contributed by atoms with Crippen LogP contribution in [0.3, 0.4) is 0 Å². The van der Waals surface area contributed by atoms with Crippen molar-refractivity contribution in [3.63, 3.8) is 0 Å². The fourth-order valence-electron chi connectivity index (χ4n) is 5.12. The molecule has 2 saturated carbocycles. The van der Waals surface area contributed by atoms with Crippen molar-refractivity contribution >= 4 is 29.7 Å². The molecular weight excluding hydrogens is 502 g/mol. The van der Waals surface area contributed by atoms with E-state index in [0.29, 0.717) is 23.3 Å². The number of phenolic OH excluding ortho intramolecular Hbond substituents is 1. The largest absolute Gasteiger partial charge is 0.508 e. The van der Waals surface area contributed by atoms with Crippen LogP contribution in [-0.2, 0) is 14.3 Å². The summed E-state index contributed by atoms with van der Waals surface area (Å²) < 4.78 is 5.47. The van der Waals surface area contributed by atoms with Crippen LogP contribution in [0.15, 0.2) is 18.2 Å². The molecule has 2 fully saturated rings. The number of aromatic hydroxyl groups is 1. The maximum atomic E-state index is 14.3. The predicted molar refractivity (Wildman–Crippen MR) is 151 cm³/mol. The molecule has 0 spiro atoms. The molecule has 0 heterocycles. The average molecular weight is 548 g/mol. The van der Waals surface area contributed by atoms with Gasteiger partial charge in [-0.2, -0.15) is 11.8 Å². The lowest BCUT2D eigenvalue weighted by atomic mass is 9.87. The van der Waals surface area contributed by atoms with Gasteiger partial charge in [0.25, 0.3) is 0 Å². The van der Waals surface area contributed by atoms with E-state index >= 15 is 0 Å². The van der Waals surface area contributed by atoms with Crippen molar-refractivity contribution in [3.05, 3.63) is 29.3 Å². The normalized spacial score (nSPS) is 18.1. The van der Waals surface area contributed by atoms with Gasteiger partial charge in [0, 0.05) is 12.1 Å². The second kappa shape index (κ2) is 13.6. The van der Waals surface area contributed by atoms with Crippen LogP contribution < -0.4 is 10.6 Å². The number of nitrogens with one attached hydrogen (secondary N) is 2. The summed E-state index contributed by atoms with van der Waals surface area (Å²) in [6, 6.07) is 3.41. The van der Waals surface area contributed by atoms with Gasteiger partial charge in [-0.05, 0) is 101 Å². The Morgan fingerprint density at radius 2 is 1.79 bits per heavy atom. The summed E-state index contributed by atoms with van der Waals surface area (Å²) in [7, 11) is 0. The van der Waals surface area contributed by atoms with Gasteiger partial charge in [0.15, 0.2) is 0 Å². The van der Waals surface area contributed by atoms with E-state index in [1.165, 1.54) is 6.42 Å². The third-order valence-corrected chi connectivity index (χ3v) is 7.98. The summed E-state index contributed by atoms with van der Waals surface area (Å²) in [6.45, 7) is 7.13. The number of rotatable bonds is 10. The number of benzene rings is 1. The number of hydrogen-bond acceptors (Lipinski definition) is 6. The second-order valence-corrected chi connectivity index (χ2v) is 12.6. The highest BCUT2D eigenvalue weighted by Crippen LogP contribution is 2.35. The van der Waals surface area contributed by atoms with Crippen LogP contribution in [0.5, 0.6) is 5.75 Å². The van der Waals surface area contributed by atoms with Crippen molar-refractivity contribution in [2.45, 2.75) is 115 Å². The lowest BCUT2D eigenvalue weighted by Gasteiger charge is -2.44. The van der Waals surface area contributed by atoms with Gasteiger partial charge >= 0.3 is 6.09 Å². The van der Waals surface area contributed by atoms with Gasteiger partial charge in [0.1, 0.15) is 23.4 Å². The van der Waals surface area contributed by atoms with Crippen LogP contribution in [0.25, 0.3) is 0 Å². The van der Waals surface area contributed by atoms with Crippen molar-refractivity contribution in [2.24, 2.45) is 0 Å². The zero-order chi connectivity index (χ0) is 27.9. The van der Waals surface area contributed by atoms with Gasteiger partial charge in [-0.3, -0.25) is 9.59 Å². The van der Waals surface area contributed by atoms with Gasteiger partial charge in [-0.1, -0.05) is 25.3 Å². The molecule has 1 aromatic rings. The first-order valence-corrected chi connectivity index (χ1v) is 15.3. The Labute approximate surface area is 231 Å². The molecule has 2 unspecified atom stereocenters. The smallest absolute Gasteiger partial charge is 0.408 e. The van der Waals surface area contributed by atoms with Crippen molar-refractivity contribution in [2.75, 3.05) is 12.0 Å². The molecule has 3 N–H and O–H groups in total. The molecular formula is C29H45N3O5S. The first-order chi connectivity index (χ1) is 18.0. The zero-order valence-electron chi connectivity index (χ0n) is 23.5. The van der Waals surface area contributed by atoms with Gasteiger partial charge in [-0.15, -0.1) is 0 Å².